The molecule has 6 heteroatoms. The maximum Gasteiger partial charge on any atom is 0.289 e. The van der Waals surface area contributed by atoms with E-state index in [1.807, 2.05) is 18.3 Å². The number of carbonyl (C=O) groups is 1. The van der Waals surface area contributed by atoms with Crippen molar-refractivity contribution in [3.63, 3.8) is 0 Å². The van der Waals surface area contributed by atoms with Crippen LogP contribution in [-0.4, -0.2) is 21.7 Å². The number of amides is 1. The Labute approximate surface area is 114 Å². The van der Waals surface area contributed by atoms with Gasteiger partial charge in [-0.15, -0.1) is 0 Å². The lowest BCUT2D eigenvalue weighted by Crippen LogP contribution is -2.22. The topological polar surface area (TPSA) is 71.1 Å². The Bertz CT molecular complexity index is 661. The molecule has 0 aliphatic heterocycles. The Kier molecular flexibility index (Phi) is 4.20. The van der Waals surface area contributed by atoms with Gasteiger partial charge in [-0.2, -0.15) is 4.99 Å². The van der Waals surface area contributed by atoms with Crippen molar-refractivity contribution in [1.29, 1.82) is 5.41 Å². The second-order valence-corrected chi connectivity index (χ2v) is 4.16. The SMILES string of the molecule is N=CC(=O)N=c1ccccn1Cc1ccc(Cl)nc1. The summed E-state index contributed by atoms with van der Waals surface area (Å²) in [5, 5.41) is 7.31. The Balaban J connectivity index is 2.35. The number of nitrogens with one attached hydrogen (secondary N) is 1. The van der Waals surface area contributed by atoms with Crippen molar-refractivity contribution in [2.45, 2.75) is 6.54 Å². The zero-order valence-electron chi connectivity index (χ0n) is 9.95. The van der Waals surface area contributed by atoms with E-state index in [4.69, 9.17) is 17.0 Å². The molecule has 2 heterocycles. The van der Waals surface area contributed by atoms with Gasteiger partial charge in [0.25, 0.3) is 5.91 Å². The summed E-state index contributed by atoms with van der Waals surface area (Å²) >= 11 is 5.73. The minimum absolute atomic E-state index is 0.436. The Morgan fingerprint density at radius 3 is 2.95 bits per heavy atom. The lowest BCUT2D eigenvalue weighted by molar-refractivity contribution is -0.111. The van der Waals surface area contributed by atoms with Crippen LogP contribution in [0.4, 0.5) is 0 Å². The van der Waals surface area contributed by atoms with Gasteiger partial charge >= 0.3 is 0 Å². The summed E-state index contributed by atoms with van der Waals surface area (Å²) in [6.45, 7) is 0.523. The van der Waals surface area contributed by atoms with Gasteiger partial charge in [0.2, 0.25) is 0 Å². The first kappa shape index (κ1) is 13.2. The normalized spacial score (nSPS) is 11.3. The molecule has 0 saturated carbocycles. The molecule has 1 amide bonds. The van der Waals surface area contributed by atoms with Crippen molar-refractivity contribution in [1.82, 2.24) is 9.55 Å². The Morgan fingerprint density at radius 2 is 2.26 bits per heavy atom. The third-order valence-corrected chi connectivity index (χ3v) is 2.63. The standard InChI is InChI=1S/C13H11ClN4O/c14-11-5-4-10(8-16-11)9-18-6-2-1-3-12(18)17-13(19)7-15/h1-8,15H,9H2. The summed E-state index contributed by atoms with van der Waals surface area (Å²) in [5.41, 5.74) is 1.44. The Hall–Kier alpha value is -2.27. The predicted molar refractivity (Wildman–Crippen MR) is 72.1 cm³/mol. The molecule has 0 atom stereocenters. The van der Waals surface area contributed by atoms with E-state index in [1.54, 1.807) is 29.0 Å². The number of nitrogens with zero attached hydrogens (tertiary/aromatic N) is 3. The fraction of sp³-hybridized carbons (Fsp3) is 0.0769. The summed E-state index contributed by atoms with van der Waals surface area (Å²) in [7, 11) is 0. The maximum atomic E-state index is 11.2. The van der Waals surface area contributed by atoms with E-state index in [-0.39, 0.29) is 0 Å². The van der Waals surface area contributed by atoms with Crippen molar-refractivity contribution in [2.75, 3.05) is 0 Å². The van der Waals surface area contributed by atoms with E-state index in [9.17, 15) is 4.79 Å². The lowest BCUT2D eigenvalue weighted by atomic mass is 10.3. The number of pyridine rings is 2. The highest BCUT2D eigenvalue weighted by Crippen LogP contribution is 2.05. The molecule has 2 aromatic rings. The fourth-order valence-electron chi connectivity index (χ4n) is 1.54. The second kappa shape index (κ2) is 6.06. The molecule has 0 bridgehead atoms. The third kappa shape index (κ3) is 3.59. The maximum absolute atomic E-state index is 11.2. The zero-order chi connectivity index (χ0) is 13.7. The van der Waals surface area contributed by atoms with Gasteiger partial charge in [-0.1, -0.05) is 23.7 Å². The number of rotatable bonds is 3. The average molecular weight is 275 g/mol. The predicted octanol–water partition coefficient (Wildman–Crippen LogP) is 1.66. The van der Waals surface area contributed by atoms with Crippen LogP contribution >= 0.6 is 11.6 Å². The summed E-state index contributed by atoms with van der Waals surface area (Å²) in [5.74, 6) is -0.589. The van der Waals surface area contributed by atoms with Gasteiger partial charge in [0.15, 0.2) is 0 Å². The molecule has 0 saturated heterocycles. The largest absolute Gasteiger partial charge is 0.328 e. The molecule has 96 valence electrons. The van der Waals surface area contributed by atoms with Gasteiger partial charge in [-0.3, -0.25) is 4.79 Å². The third-order valence-electron chi connectivity index (χ3n) is 2.41. The molecular weight excluding hydrogens is 264 g/mol. The van der Waals surface area contributed by atoms with Crippen LogP contribution in [0.1, 0.15) is 5.56 Å². The molecule has 2 aromatic heterocycles. The molecule has 2 rings (SSSR count). The van der Waals surface area contributed by atoms with Crippen molar-refractivity contribution < 1.29 is 4.79 Å². The van der Waals surface area contributed by atoms with Crippen LogP contribution in [0.5, 0.6) is 0 Å². The van der Waals surface area contributed by atoms with Crippen LogP contribution in [0.2, 0.25) is 5.15 Å². The molecule has 0 radical (unpaired) electrons. The van der Waals surface area contributed by atoms with Gasteiger partial charge in [0.1, 0.15) is 10.6 Å². The number of hydrogen-bond acceptors (Lipinski definition) is 3. The molecular formula is C13H11ClN4O. The summed E-state index contributed by atoms with van der Waals surface area (Å²) in [6.07, 6.45) is 4.16. The van der Waals surface area contributed by atoms with Gasteiger partial charge in [0, 0.05) is 12.4 Å². The van der Waals surface area contributed by atoms with Gasteiger partial charge in [-0.05, 0) is 23.8 Å². The molecule has 1 N–H and O–H groups in total. The van der Waals surface area contributed by atoms with Crippen molar-refractivity contribution in [2.24, 2.45) is 4.99 Å². The number of halogens is 1. The molecule has 0 unspecified atom stereocenters. The number of hydrogen-bond donors (Lipinski definition) is 1. The van der Waals surface area contributed by atoms with E-state index < -0.39 is 5.91 Å². The first-order chi connectivity index (χ1) is 9.19. The quantitative estimate of drug-likeness (QED) is 0.683. The summed E-state index contributed by atoms with van der Waals surface area (Å²) in [4.78, 5) is 19.0. The molecule has 0 spiro atoms. The first-order valence-corrected chi connectivity index (χ1v) is 5.92. The number of carbonyl (C=O) groups excluding carboxylic acids is 1. The first-order valence-electron chi connectivity index (χ1n) is 5.54. The van der Waals surface area contributed by atoms with Crippen LogP contribution < -0.4 is 5.49 Å². The van der Waals surface area contributed by atoms with Crippen molar-refractivity contribution in [3.8, 4) is 0 Å². The molecule has 0 aromatic carbocycles. The highest BCUT2D eigenvalue weighted by molar-refractivity contribution is 6.29. The van der Waals surface area contributed by atoms with Crippen LogP contribution in [0.15, 0.2) is 47.7 Å². The Morgan fingerprint density at radius 1 is 1.42 bits per heavy atom. The van der Waals surface area contributed by atoms with Crippen LogP contribution in [0.25, 0.3) is 0 Å². The number of aromatic nitrogens is 2. The monoisotopic (exact) mass is 274 g/mol. The average Bonchev–Trinajstić information content (AvgIpc) is 2.43. The highest BCUT2D eigenvalue weighted by atomic mass is 35.5. The summed E-state index contributed by atoms with van der Waals surface area (Å²) in [6, 6.07) is 8.91. The zero-order valence-corrected chi connectivity index (χ0v) is 10.7. The van der Waals surface area contributed by atoms with E-state index in [1.165, 1.54) is 0 Å². The van der Waals surface area contributed by atoms with Crippen LogP contribution in [-0.2, 0) is 11.3 Å². The lowest BCUT2D eigenvalue weighted by Gasteiger charge is -2.06. The second-order valence-electron chi connectivity index (χ2n) is 3.77. The molecule has 0 aliphatic rings. The molecule has 0 aliphatic carbocycles. The van der Waals surface area contributed by atoms with Gasteiger partial charge in [0.05, 0.1) is 12.8 Å². The van der Waals surface area contributed by atoms with E-state index in [2.05, 4.69) is 9.98 Å². The van der Waals surface area contributed by atoms with Crippen molar-refractivity contribution >= 4 is 23.7 Å². The van der Waals surface area contributed by atoms with Crippen molar-refractivity contribution in [3.05, 3.63) is 58.9 Å². The van der Waals surface area contributed by atoms with Gasteiger partial charge in [-0.25, -0.2) is 4.98 Å². The van der Waals surface area contributed by atoms with E-state index >= 15 is 0 Å². The van der Waals surface area contributed by atoms with E-state index in [0.29, 0.717) is 23.4 Å². The van der Waals surface area contributed by atoms with Gasteiger partial charge < -0.3 is 9.98 Å². The smallest absolute Gasteiger partial charge is 0.289 e. The van der Waals surface area contributed by atoms with E-state index in [0.717, 1.165) is 5.56 Å². The molecule has 5 nitrogen and oxygen atoms in total. The highest BCUT2D eigenvalue weighted by Gasteiger charge is 1.98. The molecule has 19 heavy (non-hydrogen) atoms. The van der Waals surface area contributed by atoms with Crippen LogP contribution in [0.3, 0.4) is 0 Å². The minimum Gasteiger partial charge on any atom is -0.328 e. The fourth-order valence-corrected chi connectivity index (χ4v) is 1.66. The molecule has 0 fully saturated rings. The minimum atomic E-state index is -0.589. The summed E-state index contributed by atoms with van der Waals surface area (Å²) < 4.78 is 1.80. The van der Waals surface area contributed by atoms with Crippen LogP contribution in [0, 0.1) is 5.41 Å².